The number of hydrogen-bond acceptors (Lipinski definition) is 3. The average Bonchev–Trinajstić information content (AvgIpc) is 2.29. The molecule has 4 nitrogen and oxygen atoms in total. The van der Waals surface area contributed by atoms with Crippen molar-refractivity contribution in [1.82, 2.24) is 10.6 Å². The second-order valence-corrected chi connectivity index (χ2v) is 5.55. The highest BCUT2D eigenvalue weighted by atomic mass is 16.3. The Morgan fingerprint density at radius 3 is 2.41 bits per heavy atom. The van der Waals surface area contributed by atoms with Gasteiger partial charge in [-0.15, -0.1) is 0 Å². The number of amides is 1. The minimum absolute atomic E-state index is 0.0802. The predicted octanol–water partition coefficient (Wildman–Crippen LogP) is 0.940. The van der Waals surface area contributed by atoms with Gasteiger partial charge in [-0.3, -0.25) is 4.79 Å². The fraction of sp³-hybridized carbons (Fsp3) is 0.923. The molecule has 0 unspecified atom stereocenters. The van der Waals surface area contributed by atoms with Crippen molar-refractivity contribution in [3.8, 4) is 0 Å². The lowest BCUT2D eigenvalue weighted by molar-refractivity contribution is -0.121. The van der Waals surface area contributed by atoms with Crippen molar-refractivity contribution >= 4 is 5.91 Å². The molecule has 2 aliphatic rings. The largest absolute Gasteiger partial charge is 0.394 e. The average molecular weight is 240 g/mol. The Labute approximate surface area is 103 Å². The van der Waals surface area contributed by atoms with Gasteiger partial charge in [0.25, 0.3) is 0 Å². The van der Waals surface area contributed by atoms with Crippen molar-refractivity contribution in [3.05, 3.63) is 0 Å². The van der Waals surface area contributed by atoms with Crippen molar-refractivity contribution < 1.29 is 9.90 Å². The van der Waals surface area contributed by atoms with Gasteiger partial charge in [0, 0.05) is 11.6 Å². The minimum atomic E-state index is -0.163. The van der Waals surface area contributed by atoms with Gasteiger partial charge in [0.15, 0.2) is 0 Å². The molecule has 0 atom stereocenters. The van der Waals surface area contributed by atoms with Gasteiger partial charge in [0.2, 0.25) is 5.91 Å². The summed E-state index contributed by atoms with van der Waals surface area (Å²) in [5.74, 6) is 0.0802. The molecule has 2 fully saturated rings. The molecular weight excluding hydrogens is 216 g/mol. The lowest BCUT2D eigenvalue weighted by atomic mass is 9.77. The van der Waals surface area contributed by atoms with Gasteiger partial charge in [0.1, 0.15) is 0 Å². The van der Waals surface area contributed by atoms with Gasteiger partial charge < -0.3 is 15.7 Å². The van der Waals surface area contributed by atoms with Crippen LogP contribution in [0.25, 0.3) is 0 Å². The van der Waals surface area contributed by atoms with Crippen molar-refractivity contribution in [3.63, 3.8) is 0 Å². The molecule has 2 rings (SSSR count). The highest BCUT2D eigenvalue weighted by molar-refractivity contribution is 5.78. The van der Waals surface area contributed by atoms with Gasteiger partial charge in [0.05, 0.1) is 13.2 Å². The van der Waals surface area contributed by atoms with Crippen molar-refractivity contribution in [2.45, 2.75) is 62.9 Å². The summed E-state index contributed by atoms with van der Waals surface area (Å²) in [6.07, 6.45) is 9.14. The highest BCUT2D eigenvalue weighted by Crippen LogP contribution is 2.30. The zero-order chi connectivity index (χ0) is 12.1. The van der Waals surface area contributed by atoms with Gasteiger partial charge in [-0.2, -0.15) is 0 Å². The zero-order valence-corrected chi connectivity index (χ0v) is 10.5. The number of aliphatic hydroxyl groups excluding tert-OH is 1. The van der Waals surface area contributed by atoms with Crippen LogP contribution in [0.15, 0.2) is 0 Å². The summed E-state index contributed by atoms with van der Waals surface area (Å²) in [5, 5.41) is 15.6. The molecular formula is C13H24N2O2. The van der Waals surface area contributed by atoms with E-state index in [9.17, 15) is 9.90 Å². The van der Waals surface area contributed by atoms with E-state index < -0.39 is 0 Å². The fourth-order valence-electron chi connectivity index (χ4n) is 2.79. The maximum atomic E-state index is 11.8. The smallest absolute Gasteiger partial charge is 0.234 e. The van der Waals surface area contributed by atoms with Crippen LogP contribution >= 0.6 is 0 Å². The summed E-state index contributed by atoms with van der Waals surface area (Å²) >= 11 is 0. The first-order valence-corrected chi connectivity index (χ1v) is 6.89. The van der Waals surface area contributed by atoms with Crippen LogP contribution < -0.4 is 10.6 Å². The summed E-state index contributed by atoms with van der Waals surface area (Å²) in [5.41, 5.74) is -0.163. The Balaban J connectivity index is 1.66. The minimum Gasteiger partial charge on any atom is -0.394 e. The number of nitrogens with one attached hydrogen (secondary N) is 2. The number of hydrogen-bond donors (Lipinski definition) is 3. The van der Waals surface area contributed by atoms with Crippen LogP contribution in [0.2, 0.25) is 0 Å². The van der Waals surface area contributed by atoms with Crippen molar-refractivity contribution in [1.29, 1.82) is 0 Å². The summed E-state index contributed by atoms with van der Waals surface area (Å²) < 4.78 is 0. The Morgan fingerprint density at radius 1 is 1.18 bits per heavy atom. The molecule has 0 aromatic rings. The van der Waals surface area contributed by atoms with Crippen LogP contribution in [0.1, 0.15) is 51.4 Å². The van der Waals surface area contributed by atoms with E-state index in [2.05, 4.69) is 10.6 Å². The lowest BCUT2D eigenvalue weighted by Crippen LogP contribution is -2.56. The third-order valence-electron chi connectivity index (χ3n) is 4.21. The van der Waals surface area contributed by atoms with E-state index in [1.165, 1.54) is 19.3 Å². The van der Waals surface area contributed by atoms with Crippen LogP contribution in [0, 0.1) is 0 Å². The van der Waals surface area contributed by atoms with Gasteiger partial charge in [-0.1, -0.05) is 19.3 Å². The fourth-order valence-corrected chi connectivity index (χ4v) is 2.79. The standard InChI is InChI=1S/C13H24N2O2/c16-10-13(7-4-8-13)14-9-12(17)15-11-5-2-1-3-6-11/h11,14,16H,1-10H2,(H,15,17). The Morgan fingerprint density at radius 2 is 1.88 bits per heavy atom. The molecule has 0 saturated heterocycles. The van der Waals surface area contributed by atoms with Crippen molar-refractivity contribution in [2.24, 2.45) is 0 Å². The SMILES string of the molecule is O=C(CNC1(CO)CCC1)NC1CCCCC1. The zero-order valence-electron chi connectivity index (χ0n) is 10.5. The number of carbonyl (C=O) groups is 1. The third kappa shape index (κ3) is 3.42. The first kappa shape index (κ1) is 12.8. The summed E-state index contributed by atoms with van der Waals surface area (Å²) in [6, 6.07) is 0.379. The maximum Gasteiger partial charge on any atom is 0.234 e. The number of aliphatic hydroxyl groups is 1. The monoisotopic (exact) mass is 240 g/mol. The second-order valence-electron chi connectivity index (χ2n) is 5.55. The molecule has 98 valence electrons. The van der Waals surface area contributed by atoms with E-state index in [0.717, 1.165) is 32.1 Å². The van der Waals surface area contributed by atoms with Crippen LogP contribution in [0.5, 0.6) is 0 Å². The molecule has 0 spiro atoms. The molecule has 0 aromatic heterocycles. The molecule has 2 saturated carbocycles. The molecule has 0 aliphatic heterocycles. The van der Waals surface area contributed by atoms with E-state index in [1.54, 1.807) is 0 Å². The molecule has 2 aliphatic carbocycles. The molecule has 0 aromatic carbocycles. The highest BCUT2D eigenvalue weighted by Gasteiger charge is 2.36. The van der Waals surface area contributed by atoms with Crippen LogP contribution in [-0.2, 0) is 4.79 Å². The normalized spacial score (nSPS) is 24.1. The first-order valence-electron chi connectivity index (χ1n) is 6.89. The van der Waals surface area contributed by atoms with E-state index in [4.69, 9.17) is 0 Å². The quantitative estimate of drug-likeness (QED) is 0.670. The van der Waals surface area contributed by atoms with Gasteiger partial charge >= 0.3 is 0 Å². The third-order valence-corrected chi connectivity index (χ3v) is 4.21. The molecule has 0 heterocycles. The summed E-state index contributed by atoms with van der Waals surface area (Å²) in [4.78, 5) is 11.8. The molecule has 17 heavy (non-hydrogen) atoms. The summed E-state index contributed by atoms with van der Waals surface area (Å²) in [7, 11) is 0. The lowest BCUT2D eigenvalue weighted by Gasteiger charge is -2.41. The molecule has 0 bridgehead atoms. The number of rotatable bonds is 5. The van der Waals surface area contributed by atoms with Crippen LogP contribution in [-0.4, -0.2) is 35.7 Å². The summed E-state index contributed by atoms with van der Waals surface area (Å²) in [6.45, 7) is 0.487. The molecule has 0 radical (unpaired) electrons. The Kier molecular flexibility index (Phi) is 4.40. The van der Waals surface area contributed by atoms with Crippen LogP contribution in [0.4, 0.5) is 0 Å². The van der Waals surface area contributed by atoms with E-state index >= 15 is 0 Å². The first-order chi connectivity index (χ1) is 8.24. The topological polar surface area (TPSA) is 61.4 Å². The van der Waals surface area contributed by atoms with Crippen molar-refractivity contribution in [2.75, 3.05) is 13.2 Å². The van der Waals surface area contributed by atoms with Crippen LogP contribution in [0.3, 0.4) is 0 Å². The Hall–Kier alpha value is -0.610. The number of carbonyl (C=O) groups excluding carboxylic acids is 1. The van der Waals surface area contributed by atoms with E-state index in [1.807, 2.05) is 0 Å². The van der Waals surface area contributed by atoms with Gasteiger partial charge in [-0.25, -0.2) is 0 Å². The second kappa shape index (κ2) is 5.83. The molecule has 1 amide bonds. The molecule has 4 heteroatoms. The molecule has 3 N–H and O–H groups in total. The maximum absolute atomic E-state index is 11.8. The predicted molar refractivity (Wildman–Crippen MR) is 66.7 cm³/mol. The van der Waals surface area contributed by atoms with Gasteiger partial charge in [-0.05, 0) is 32.1 Å². The van der Waals surface area contributed by atoms with E-state index in [-0.39, 0.29) is 18.1 Å². The Bertz CT molecular complexity index is 253. The van der Waals surface area contributed by atoms with E-state index in [0.29, 0.717) is 12.6 Å².